The fourth-order valence-corrected chi connectivity index (χ4v) is 4.77. The third-order valence-electron chi connectivity index (χ3n) is 3.97. The van der Waals surface area contributed by atoms with Gasteiger partial charge in [0.15, 0.2) is 0 Å². The first-order chi connectivity index (χ1) is 12.4. The van der Waals surface area contributed by atoms with Crippen LogP contribution in [0.1, 0.15) is 12.6 Å². The van der Waals surface area contributed by atoms with E-state index in [0.717, 1.165) is 9.86 Å². The lowest BCUT2D eigenvalue weighted by atomic mass is 10.2. The van der Waals surface area contributed by atoms with Gasteiger partial charge in [0.1, 0.15) is 0 Å². The van der Waals surface area contributed by atoms with E-state index in [2.05, 4.69) is 20.7 Å². The van der Waals surface area contributed by atoms with Crippen molar-refractivity contribution in [2.24, 2.45) is 0 Å². The van der Waals surface area contributed by atoms with Crippen molar-refractivity contribution in [1.82, 2.24) is 3.97 Å². The number of methoxy groups -OCH3 is 1. The maximum absolute atomic E-state index is 13.3. The van der Waals surface area contributed by atoms with Crippen molar-refractivity contribution in [3.05, 3.63) is 70.8 Å². The van der Waals surface area contributed by atoms with Crippen molar-refractivity contribution in [2.75, 3.05) is 7.11 Å². The molecule has 0 atom stereocenters. The summed E-state index contributed by atoms with van der Waals surface area (Å²) in [4.78, 5) is 11.8. The summed E-state index contributed by atoms with van der Waals surface area (Å²) in [6, 6.07) is 15.3. The lowest BCUT2D eigenvalue weighted by molar-refractivity contribution is -0.134. The molecule has 7 heteroatoms. The number of carbonyl (C=O) groups is 1. The van der Waals surface area contributed by atoms with E-state index in [4.69, 9.17) is 0 Å². The number of allylic oxidation sites excluding steroid dienone is 1. The van der Waals surface area contributed by atoms with E-state index < -0.39 is 16.0 Å². The molecule has 0 saturated carbocycles. The van der Waals surface area contributed by atoms with Crippen LogP contribution in [0.15, 0.2) is 70.0 Å². The van der Waals surface area contributed by atoms with Gasteiger partial charge in [0.25, 0.3) is 10.0 Å². The molecule has 0 radical (unpaired) electrons. The van der Waals surface area contributed by atoms with Crippen LogP contribution in [0.25, 0.3) is 16.5 Å². The molecule has 0 spiro atoms. The van der Waals surface area contributed by atoms with Gasteiger partial charge in [-0.15, -0.1) is 0 Å². The van der Waals surface area contributed by atoms with Gasteiger partial charge in [0, 0.05) is 15.9 Å². The Morgan fingerprint density at radius 1 is 1.12 bits per heavy atom. The minimum Gasteiger partial charge on any atom is -0.466 e. The van der Waals surface area contributed by atoms with Crippen molar-refractivity contribution >= 4 is 48.4 Å². The zero-order valence-corrected chi connectivity index (χ0v) is 16.5. The predicted octanol–water partition coefficient (Wildman–Crippen LogP) is 4.22. The van der Waals surface area contributed by atoms with Crippen LogP contribution in [0, 0.1) is 0 Å². The first-order valence-electron chi connectivity index (χ1n) is 7.73. The molecule has 1 heterocycles. The molecular formula is C19H16BrNO4S. The fourth-order valence-electron chi connectivity index (χ4n) is 2.71. The Labute approximate surface area is 160 Å². The molecular weight excluding hydrogens is 418 g/mol. The van der Waals surface area contributed by atoms with Gasteiger partial charge in [-0.2, -0.15) is 0 Å². The number of rotatable bonds is 4. The van der Waals surface area contributed by atoms with Crippen LogP contribution >= 0.6 is 15.9 Å². The van der Waals surface area contributed by atoms with E-state index in [-0.39, 0.29) is 4.90 Å². The van der Waals surface area contributed by atoms with Gasteiger partial charge in [0.05, 0.1) is 23.2 Å². The Kier molecular flexibility index (Phi) is 5.02. The Morgan fingerprint density at radius 3 is 2.46 bits per heavy atom. The van der Waals surface area contributed by atoms with Crippen molar-refractivity contribution in [3.8, 4) is 0 Å². The minimum atomic E-state index is -3.85. The van der Waals surface area contributed by atoms with Gasteiger partial charge >= 0.3 is 5.97 Å². The molecule has 3 aromatic rings. The molecule has 134 valence electrons. The molecule has 2 aromatic carbocycles. The van der Waals surface area contributed by atoms with E-state index in [1.165, 1.54) is 17.2 Å². The summed E-state index contributed by atoms with van der Waals surface area (Å²) in [6.45, 7) is 1.68. The second kappa shape index (κ2) is 7.09. The summed E-state index contributed by atoms with van der Waals surface area (Å²) >= 11 is 3.46. The monoisotopic (exact) mass is 433 g/mol. The molecule has 0 bridgehead atoms. The van der Waals surface area contributed by atoms with Crippen LogP contribution in [0.5, 0.6) is 0 Å². The average Bonchev–Trinajstić information content (AvgIpc) is 3.04. The summed E-state index contributed by atoms with van der Waals surface area (Å²) in [5, 5.41) is 0.736. The van der Waals surface area contributed by atoms with Crippen LogP contribution in [-0.4, -0.2) is 25.5 Å². The highest BCUT2D eigenvalue weighted by atomic mass is 79.9. The van der Waals surface area contributed by atoms with E-state index in [1.807, 2.05) is 6.07 Å². The van der Waals surface area contributed by atoms with Crippen LogP contribution in [0.3, 0.4) is 0 Å². The highest BCUT2D eigenvalue weighted by Crippen LogP contribution is 2.33. The second-order valence-electron chi connectivity index (χ2n) is 5.64. The van der Waals surface area contributed by atoms with E-state index in [9.17, 15) is 13.2 Å². The average molecular weight is 434 g/mol. The first-order valence-corrected chi connectivity index (χ1v) is 9.97. The topological polar surface area (TPSA) is 65.4 Å². The molecule has 0 saturated heterocycles. The minimum absolute atomic E-state index is 0.171. The molecule has 0 unspecified atom stereocenters. The van der Waals surface area contributed by atoms with Crippen molar-refractivity contribution in [3.63, 3.8) is 0 Å². The summed E-state index contributed by atoms with van der Waals surface area (Å²) in [6.07, 6.45) is 1.28. The summed E-state index contributed by atoms with van der Waals surface area (Å²) in [5.41, 5.74) is 1.41. The number of hydrogen-bond acceptors (Lipinski definition) is 4. The van der Waals surface area contributed by atoms with E-state index in [0.29, 0.717) is 16.8 Å². The van der Waals surface area contributed by atoms with Crippen LogP contribution in [0.2, 0.25) is 0 Å². The Bertz CT molecular complexity index is 1120. The summed E-state index contributed by atoms with van der Waals surface area (Å²) in [7, 11) is -2.58. The molecule has 26 heavy (non-hydrogen) atoms. The van der Waals surface area contributed by atoms with Gasteiger partial charge < -0.3 is 4.74 Å². The highest BCUT2D eigenvalue weighted by Gasteiger charge is 2.24. The van der Waals surface area contributed by atoms with Gasteiger partial charge in [-0.25, -0.2) is 17.2 Å². The zero-order chi connectivity index (χ0) is 18.9. The molecule has 0 fully saturated rings. The van der Waals surface area contributed by atoms with Crippen molar-refractivity contribution < 1.29 is 17.9 Å². The van der Waals surface area contributed by atoms with Crippen molar-refractivity contribution in [2.45, 2.75) is 11.8 Å². The summed E-state index contributed by atoms with van der Waals surface area (Å²) < 4.78 is 33.3. The SMILES string of the molecule is COC(=O)/C=C(/C)c1cc2c(Br)cccc2n1S(=O)(=O)c1ccccc1. The van der Waals surface area contributed by atoms with Crippen LogP contribution in [-0.2, 0) is 19.6 Å². The normalized spacial score (nSPS) is 12.3. The zero-order valence-electron chi connectivity index (χ0n) is 14.1. The maximum atomic E-state index is 13.3. The van der Waals surface area contributed by atoms with Crippen LogP contribution in [0.4, 0.5) is 0 Å². The molecule has 5 nitrogen and oxygen atoms in total. The number of hydrogen-bond donors (Lipinski definition) is 0. The predicted molar refractivity (Wildman–Crippen MR) is 104 cm³/mol. The number of esters is 1. The number of ether oxygens (including phenoxy) is 1. The van der Waals surface area contributed by atoms with Gasteiger partial charge in [-0.05, 0) is 42.8 Å². The lowest BCUT2D eigenvalue weighted by Crippen LogP contribution is -2.15. The number of fused-ring (bicyclic) bond motifs is 1. The van der Waals surface area contributed by atoms with Gasteiger partial charge in [-0.3, -0.25) is 0 Å². The number of benzene rings is 2. The summed E-state index contributed by atoms with van der Waals surface area (Å²) in [5.74, 6) is -0.546. The molecule has 0 aliphatic carbocycles. The largest absolute Gasteiger partial charge is 0.466 e. The van der Waals surface area contributed by atoms with E-state index in [1.54, 1.807) is 55.5 Å². The van der Waals surface area contributed by atoms with Crippen molar-refractivity contribution in [1.29, 1.82) is 0 Å². The first kappa shape index (κ1) is 18.4. The molecule has 0 aliphatic heterocycles. The van der Waals surface area contributed by atoms with Crippen LogP contribution < -0.4 is 0 Å². The standard InChI is InChI=1S/C19H16BrNO4S/c1-13(11-19(22)25-2)18-12-15-16(20)9-6-10-17(15)21(18)26(23,24)14-7-4-3-5-8-14/h3-12H,1-2H3/b13-11-. The Hall–Kier alpha value is -2.38. The fraction of sp³-hybridized carbons (Fsp3) is 0.105. The quantitative estimate of drug-likeness (QED) is 0.456. The lowest BCUT2D eigenvalue weighted by Gasteiger charge is -2.12. The second-order valence-corrected chi connectivity index (χ2v) is 8.28. The Balaban J connectivity index is 2.37. The number of aromatic nitrogens is 1. The smallest absolute Gasteiger partial charge is 0.330 e. The highest BCUT2D eigenvalue weighted by molar-refractivity contribution is 9.10. The molecule has 3 rings (SSSR count). The Morgan fingerprint density at radius 2 is 1.81 bits per heavy atom. The number of halogens is 1. The number of carbonyl (C=O) groups excluding carboxylic acids is 1. The third-order valence-corrected chi connectivity index (χ3v) is 6.40. The molecule has 0 amide bonds. The van der Waals surface area contributed by atoms with Gasteiger partial charge in [0.2, 0.25) is 0 Å². The van der Waals surface area contributed by atoms with Gasteiger partial charge in [-0.1, -0.05) is 40.2 Å². The molecule has 0 aliphatic rings. The maximum Gasteiger partial charge on any atom is 0.330 e. The third kappa shape index (κ3) is 3.20. The van der Waals surface area contributed by atoms with E-state index >= 15 is 0 Å². The molecule has 1 aromatic heterocycles. The molecule has 0 N–H and O–H groups in total. The number of nitrogens with zero attached hydrogens (tertiary/aromatic N) is 1.